The zero-order valence-corrected chi connectivity index (χ0v) is 24.0. The van der Waals surface area contributed by atoms with Gasteiger partial charge in [-0.25, -0.2) is 13.2 Å². The average Bonchev–Trinajstić information content (AvgIpc) is 3.40. The number of rotatable bonds is 9. The lowest BCUT2D eigenvalue weighted by Crippen LogP contribution is -2.40. The van der Waals surface area contributed by atoms with Crippen LogP contribution in [0.15, 0.2) is 28.8 Å². The Kier molecular flexibility index (Phi) is 7.94. The van der Waals surface area contributed by atoms with Gasteiger partial charge in [-0.15, -0.1) is 0 Å². The third-order valence-corrected chi connectivity index (χ3v) is 8.70. The summed E-state index contributed by atoms with van der Waals surface area (Å²) in [6.45, 7) is -0.894. The minimum atomic E-state index is -6.53. The highest BCUT2D eigenvalue weighted by molar-refractivity contribution is 7.89. The number of alkyl halides is 3. The largest absolute Gasteiger partial charge is 0.534 e. The molecule has 2 aromatic rings. The fourth-order valence-electron chi connectivity index (χ4n) is 4.20. The van der Waals surface area contributed by atoms with Crippen LogP contribution in [0.5, 0.6) is 34.5 Å². The summed E-state index contributed by atoms with van der Waals surface area (Å²) in [5.41, 5.74) is -8.05. The zero-order chi connectivity index (χ0) is 31.2. The first-order chi connectivity index (χ1) is 19.7. The molecule has 2 aliphatic heterocycles. The van der Waals surface area contributed by atoms with Gasteiger partial charge in [-0.2, -0.15) is 21.6 Å². The Hall–Kier alpha value is -4.26. The summed E-state index contributed by atoms with van der Waals surface area (Å²) in [5.74, 6) is -4.56. The molecule has 2 heterocycles. The lowest BCUT2D eigenvalue weighted by atomic mass is 10.1. The van der Waals surface area contributed by atoms with Crippen molar-refractivity contribution in [1.29, 1.82) is 0 Å². The molecule has 0 saturated heterocycles. The Balaban J connectivity index is 2.17. The molecule has 0 spiro atoms. The van der Waals surface area contributed by atoms with Crippen molar-refractivity contribution in [2.75, 3.05) is 42.3 Å². The SMILES string of the molecule is COC(=O)C1=C(OS(=O)(=O)C(F)(F)F)c2c(OC)c(OC)c(OC)c(OC)c2S(=O)(=O)N1Cc1ccc2c(c1)OCO2. The highest BCUT2D eigenvalue weighted by Gasteiger charge is 2.54. The van der Waals surface area contributed by atoms with Gasteiger partial charge in [0.25, 0.3) is 10.0 Å². The third kappa shape index (κ3) is 4.81. The Morgan fingerprint density at radius 1 is 0.929 bits per heavy atom. The molecule has 0 atom stereocenters. The lowest BCUT2D eigenvalue weighted by molar-refractivity contribution is -0.137. The zero-order valence-electron chi connectivity index (χ0n) is 22.4. The van der Waals surface area contributed by atoms with Gasteiger partial charge in [0.05, 0.1) is 47.7 Å². The molecular weight excluding hydrogens is 619 g/mol. The van der Waals surface area contributed by atoms with Crippen molar-refractivity contribution < 1.29 is 72.1 Å². The van der Waals surface area contributed by atoms with Gasteiger partial charge in [-0.3, -0.25) is 4.31 Å². The first-order valence-electron chi connectivity index (χ1n) is 11.3. The van der Waals surface area contributed by atoms with Gasteiger partial charge < -0.3 is 37.3 Å². The van der Waals surface area contributed by atoms with E-state index in [9.17, 15) is 34.8 Å². The van der Waals surface area contributed by atoms with Gasteiger partial charge >= 0.3 is 21.6 Å². The van der Waals surface area contributed by atoms with E-state index in [4.69, 9.17) is 28.4 Å². The topological polar surface area (TPSA) is 162 Å². The second-order valence-electron chi connectivity index (χ2n) is 8.19. The van der Waals surface area contributed by atoms with Crippen LogP contribution in [-0.4, -0.2) is 75.0 Å². The number of hydrogen-bond acceptors (Lipinski definition) is 13. The molecule has 0 aromatic heterocycles. The molecular formula is C23H22F3NO13S2. The second-order valence-corrected chi connectivity index (χ2v) is 11.5. The van der Waals surface area contributed by atoms with Gasteiger partial charge in [-0.05, 0) is 17.7 Å². The molecule has 0 radical (unpaired) electrons. The summed E-state index contributed by atoms with van der Waals surface area (Å²) >= 11 is 0. The van der Waals surface area contributed by atoms with Crippen molar-refractivity contribution in [2.24, 2.45) is 0 Å². The van der Waals surface area contributed by atoms with Crippen molar-refractivity contribution in [1.82, 2.24) is 4.31 Å². The number of esters is 1. The van der Waals surface area contributed by atoms with E-state index in [1.807, 2.05) is 0 Å². The van der Waals surface area contributed by atoms with Gasteiger partial charge in [0.1, 0.15) is 4.90 Å². The maximum atomic E-state index is 14.3. The van der Waals surface area contributed by atoms with Crippen LogP contribution in [0, 0.1) is 0 Å². The van der Waals surface area contributed by atoms with E-state index in [1.54, 1.807) is 0 Å². The summed E-state index contributed by atoms with van der Waals surface area (Å²) < 4.78 is 135. The number of nitrogens with zero attached hydrogens (tertiary/aromatic N) is 1. The highest BCUT2D eigenvalue weighted by atomic mass is 32.2. The lowest BCUT2D eigenvalue weighted by Gasteiger charge is -2.34. The van der Waals surface area contributed by atoms with Crippen LogP contribution in [0.2, 0.25) is 0 Å². The minimum Gasteiger partial charge on any atom is -0.492 e. The highest BCUT2D eigenvalue weighted by Crippen LogP contribution is 2.57. The Morgan fingerprint density at radius 2 is 1.50 bits per heavy atom. The number of fused-ring (bicyclic) bond motifs is 2. The molecule has 0 unspecified atom stereocenters. The standard InChI is InChI=1S/C23H22F3NO13S2/c1-33-17-14-16(40-42(31,32)23(24,25)26)15(22(28)37-5)27(9-11-6-7-12-13(8-11)39-10-38-12)41(29,30)21(14)20(36-4)19(35-3)18(17)34-2/h6-8H,9-10H2,1-5H3. The predicted molar refractivity (Wildman–Crippen MR) is 133 cm³/mol. The Bertz CT molecular complexity index is 1690. The quantitative estimate of drug-likeness (QED) is 0.223. The molecule has 19 heteroatoms. The first kappa shape index (κ1) is 30.7. The number of hydrogen-bond donors (Lipinski definition) is 0. The fourth-order valence-corrected chi connectivity index (χ4v) is 6.47. The van der Waals surface area contributed by atoms with E-state index < -0.39 is 77.3 Å². The minimum absolute atomic E-state index is 0.132. The van der Waals surface area contributed by atoms with Gasteiger partial charge in [-0.1, -0.05) is 6.07 Å². The fraction of sp³-hybridized carbons (Fsp3) is 0.348. The second kappa shape index (κ2) is 10.9. The molecule has 14 nitrogen and oxygen atoms in total. The molecule has 2 aliphatic rings. The molecule has 0 amide bonds. The summed E-state index contributed by atoms with van der Waals surface area (Å²) in [6.07, 6.45) is 0. The molecule has 0 saturated carbocycles. The van der Waals surface area contributed by atoms with Crippen LogP contribution >= 0.6 is 0 Å². The number of carbonyl (C=O) groups excluding carboxylic acids is 1. The molecule has 0 bridgehead atoms. The molecule has 2 aromatic carbocycles. The van der Waals surface area contributed by atoms with E-state index in [0.717, 1.165) is 35.5 Å². The van der Waals surface area contributed by atoms with Crippen molar-refractivity contribution in [3.05, 3.63) is 35.0 Å². The molecule has 230 valence electrons. The van der Waals surface area contributed by atoms with Crippen LogP contribution < -0.4 is 28.4 Å². The van der Waals surface area contributed by atoms with Crippen LogP contribution in [-0.2, 0) is 40.4 Å². The van der Waals surface area contributed by atoms with Crippen LogP contribution in [0.4, 0.5) is 13.2 Å². The van der Waals surface area contributed by atoms with Crippen molar-refractivity contribution in [3.63, 3.8) is 0 Å². The molecule has 0 fully saturated rings. The summed E-state index contributed by atoms with van der Waals surface area (Å²) in [7, 11) is -6.62. The average molecular weight is 642 g/mol. The number of ether oxygens (including phenoxy) is 7. The smallest absolute Gasteiger partial charge is 0.492 e. The first-order valence-corrected chi connectivity index (χ1v) is 14.2. The van der Waals surface area contributed by atoms with E-state index in [0.29, 0.717) is 10.1 Å². The van der Waals surface area contributed by atoms with Crippen LogP contribution in [0.3, 0.4) is 0 Å². The monoisotopic (exact) mass is 641 g/mol. The van der Waals surface area contributed by atoms with Gasteiger partial charge in [0.15, 0.2) is 34.5 Å². The van der Waals surface area contributed by atoms with E-state index in [-0.39, 0.29) is 23.9 Å². The van der Waals surface area contributed by atoms with Gasteiger partial charge in [0, 0.05) is 0 Å². The molecule has 42 heavy (non-hydrogen) atoms. The van der Waals surface area contributed by atoms with Crippen molar-refractivity contribution in [2.45, 2.75) is 16.9 Å². The maximum Gasteiger partial charge on any atom is 0.534 e. The Labute approximate surface area is 237 Å². The summed E-state index contributed by atoms with van der Waals surface area (Å²) in [6, 6.07) is 4.15. The normalized spacial score (nSPS) is 15.6. The van der Waals surface area contributed by atoms with E-state index >= 15 is 0 Å². The molecule has 4 rings (SSSR count). The number of halogens is 3. The Morgan fingerprint density at radius 3 is 2.05 bits per heavy atom. The summed E-state index contributed by atoms with van der Waals surface area (Å²) in [5, 5.41) is 0. The van der Waals surface area contributed by atoms with Crippen LogP contribution in [0.25, 0.3) is 5.76 Å². The van der Waals surface area contributed by atoms with Crippen molar-refractivity contribution in [3.8, 4) is 34.5 Å². The van der Waals surface area contributed by atoms with Crippen LogP contribution in [0.1, 0.15) is 11.1 Å². The number of methoxy groups -OCH3 is 5. The van der Waals surface area contributed by atoms with Gasteiger partial charge in [0.2, 0.25) is 18.3 Å². The number of benzene rings is 2. The number of sulfonamides is 1. The van der Waals surface area contributed by atoms with E-state index in [1.165, 1.54) is 18.2 Å². The summed E-state index contributed by atoms with van der Waals surface area (Å²) in [4.78, 5) is 12.2. The maximum absolute atomic E-state index is 14.3. The number of carbonyl (C=O) groups is 1. The predicted octanol–water partition coefficient (Wildman–Crippen LogP) is 2.36. The third-order valence-electron chi connectivity index (χ3n) is 5.95. The molecule has 0 aliphatic carbocycles. The van der Waals surface area contributed by atoms with Crippen molar-refractivity contribution >= 4 is 31.9 Å². The van der Waals surface area contributed by atoms with E-state index in [2.05, 4.69) is 8.92 Å². The molecule has 0 N–H and O–H groups in total.